The van der Waals surface area contributed by atoms with Gasteiger partial charge in [0.15, 0.2) is 0 Å². The molecule has 47 heavy (non-hydrogen) atoms. The number of aromatic nitrogens is 1. The maximum Gasteiger partial charge on any atom is 0.147 e. The fourth-order valence-corrected chi connectivity index (χ4v) is 6.68. The Balaban J connectivity index is 0.000000171. The highest BCUT2D eigenvalue weighted by Gasteiger charge is 2.38. The monoisotopic (exact) mass is 649 g/mol. The summed E-state index contributed by atoms with van der Waals surface area (Å²) in [6.07, 6.45) is 0.614. The van der Waals surface area contributed by atoms with Crippen molar-refractivity contribution in [1.82, 2.24) is 4.98 Å². The van der Waals surface area contributed by atoms with Crippen molar-refractivity contribution in [3.05, 3.63) is 125 Å². The Bertz CT molecular complexity index is 1880. The Morgan fingerprint density at radius 3 is 1.83 bits per heavy atom. The number of carbonyl (C=O) groups is 1. The minimum absolute atomic E-state index is 0. The number of anilines is 1. The Morgan fingerprint density at radius 1 is 0.702 bits per heavy atom. The minimum Gasteiger partial charge on any atom is -0.357 e. The molecule has 0 amide bonds. The molecule has 248 valence electrons. The zero-order valence-corrected chi connectivity index (χ0v) is 30.6. The average molecular weight is 650 g/mol. The maximum absolute atomic E-state index is 11.6. The SMILES string of the molecule is CC(C)(C)c1ccc(NN)cc1.CC(C)(C)c1ccc2[nH]c3c(c2c1)-c1ccccc1C3(C)C.CC1(C)C(=O)Cc2ccccc21.Cl. The first-order valence-electron chi connectivity index (χ1n) is 16.4. The number of halogens is 1. The zero-order chi connectivity index (χ0) is 33.7. The van der Waals surface area contributed by atoms with Gasteiger partial charge < -0.3 is 10.4 Å². The number of rotatable bonds is 1. The topological polar surface area (TPSA) is 70.9 Å². The van der Waals surface area contributed by atoms with E-state index in [0.29, 0.717) is 12.2 Å². The predicted molar refractivity (Wildman–Crippen MR) is 203 cm³/mol. The molecule has 0 atom stereocenters. The highest BCUT2D eigenvalue weighted by Crippen LogP contribution is 2.51. The van der Waals surface area contributed by atoms with Crippen LogP contribution in [0.1, 0.15) is 103 Å². The number of H-pyrrole nitrogens is 1. The Hall–Kier alpha value is -3.86. The van der Waals surface area contributed by atoms with Crippen LogP contribution in [0.25, 0.3) is 22.0 Å². The second kappa shape index (κ2) is 13.0. The van der Waals surface area contributed by atoms with E-state index >= 15 is 0 Å². The highest BCUT2D eigenvalue weighted by atomic mass is 35.5. The van der Waals surface area contributed by atoms with E-state index in [4.69, 9.17) is 5.84 Å². The van der Waals surface area contributed by atoms with Crippen LogP contribution < -0.4 is 11.3 Å². The molecule has 0 spiro atoms. The van der Waals surface area contributed by atoms with Crippen LogP contribution in [-0.4, -0.2) is 10.8 Å². The molecule has 2 aliphatic carbocycles. The molecule has 4 nitrogen and oxygen atoms in total. The molecule has 1 heterocycles. The van der Waals surface area contributed by atoms with Crippen LogP contribution in [0, 0.1) is 0 Å². The molecule has 0 fully saturated rings. The number of nitrogens with two attached hydrogens (primary N) is 1. The Labute approximate surface area is 288 Å². The molecule has 0 bridgehead atoms. The molecule has 5 heteroatoms. The summed E-state index contributed by atoms with van der Waals surface area (Å²) in [6.45, 7) is 22.0. The van der Waals surface area contributed by atoms with Gasteiger partial charge in [-0.25, -0.2) is 0 Å². The number of ketones is 1. The molecule has 5 aromatic rings. The van der Waals surface area contributed by atoms with Crippen molar-refractivity contribution in [2.45, 2.75) is 97.3 Å². The number of aromatic amines is 1. The summed E-state index contributed by atoms with van der Waals surface area (Å²) in [5.41, 5.74) is 15.7. The maximum atomic E-state index is 11.6. The van der Waals surface area contributed by atoms with Crippen LogP contribution in [0.15, 0.2) is 91.0 Å². The molecule has 4 aromatic carbocycles. The van der Waals surface area contributed by atoms with Crippen LogP contribution >= 0.6 is 12.4 Å². The molecule has 7 rings (SSSR count). The Kier molecular flexibility index (Phi) is 9.93. The smallest absolute Gasteiger partial charge is 0.147 e. The van der Waals surface area contributed by atoms with Gasteiger partial charge in [-0.15, -0.1) is 12.4 Å². The lowest BCUT2D eigenvalue weighted by atomic mass is 9.85. The molecule has 1 aromatic heterocycles. The third-order valence-electron chi connectivity index (χ3n) is 9.82. The number of fused-ring (bicyclic) bond motifs is 6. The van der Waals surface area contributed by atoms with Crippen molar-refractivity contribution in [2.24, 2.45) is 5.84 Å². The van der Waals surface area contributed by atoms with Gasteiger partial charge in [0, 0.05) is 45.1 Å². The van der Waals surface area contributed by atoms with Crippen molar-refractivity contribution in [3.63, 3.8) is 0 Å². The third kappa shape index (κ3) is 6.91. The second-order valence-corrected chi connectivity index (χ2v) is 15.9. The molecular formula is C42H52ClN3O. The normalized spacial score (nSPS) is 15.3. The van der Waals surface area contributed by atoms with Crippen LogP contribution in [-0.2, 0) is 32.9 Å². The number of hydrogen-bond acceptors (Lipinski definition) is 3. The summed E-state index contributed by atoms with van der Waals surface area (Å²) >= 11 is 0. The first-order chi connectivity index (χ1) is 21.5. The number of benzene rings is 4. The number of hydrazine groups is 1. The molecule has 0 unspecified atom stereocenters. The minimum atomic E-state index is -0.253. The van der Waals surface area contributed by atoms with Gasteiger partial charge in [0.2, 0.25) is 0 Å². The van der Waals surface area contributed by atoms with Gasteiger partial charge in [-0.3, -0.25) is 10.6 Å². The number of carbonyl (C=O) groups excluding carboxylic acids is 1. The fraction of sp³-hybridized carbons (Fsp3) is 0.357. The number of Topliss-reactive ketones (excluding diaryl/α,β-unsaturated/α-hetero) is 1. The van der Waals surface area contributed by atoms with Crippen LogP contribution in [0.4, 0.5) is 5.69 Å². The summed E-state index contributed by atoms with van der Waals surface area (Å²) < 4.78 is 0. The lowest BCUT2D eigenvalue weighted by Crippen LogP contribution is -2.23. The fourth-order valence-electron chi connectivity index (χ4n) is 6.68. The molecule has 2 aliphatic rings. The van der Waals surface area contributed by atoms with Gasteiger partial charge in [-0.1, -0.05) is 122 Å². The van der Waals surface area contributed by atoms with E-state index in [2.05, 4.69) is 126 Å². The summed E-state index contributed by atoms with van der Waals surface area (Å²) in [5.74, 6) is 5.60. The van der Waals surface area contributed by atoms with Crippen molar-refractivity contribution >= 4 is 34.8 Å². The van der Waals surface area contributed by atoms with Gasteiger partial charge in [-0.2, -0.15) is 0 Å². The molecule has 0 radical (unpaired) electrons. The Morgan fingerprint density at radius 2 is 1.26 bits per heavy atom. The van der Waals surface area contributed by atoms with Crippen molar-refractivity contribution in [3.8, 4) is 11.1 Å². The van der Waals surface area contributed by atoms with Crippen molar-refractivity contribution in [2.75, 3.05) is 5.43 Å². The molecule has 4 N–H and O–H groups in total. The summed E-state index contributed by atoms with van der Waals surface area (Å²) in [4.78, 5) is 15.2. The van der Waals surface area contributed by atoms with Crippen molar-refractivity contribution < 1.29 is 4.79 Å². The zero-order valence-electron chi connectivity index (χ0n) is 29.8. The van der Waals surface area contributed by atoms with E-state index in [-0.39, 0.29) is 34.1 Å². The van der Waals surface area contributed by atoms with E-state index in [1.54, 1.807) is 0 Å². The van der Waals surface area contributed by atoms with Crippen LogP contribution in [0.5, 0.6) is 0 Å². The van der Waals surface area contributed by atoms with Gasteiger partial charge in [0.1, 0.15) is 5.78 Å². The van der Waals surface area contributed by atoms with E-state index in [1.165, 1.54) is 55.5 Å². The van der Waals surface area contributed by atoms with E-state index < -0.39 is 0 Å². The van der Waals surface area contributed by atoms with Gasteiger partial charge in [0.25, 0.3) is 0 Å². The predicted octanol–water partition coefficient (Wildman–Crippen LogP) is 10.6. The van der Waals surface area contributed by atoms with E-state index in [9.17, 15) is 4.79 Å². The van der Waals surface area contributed by atoms with Gasteiger partial charge >= 0.3 is 0 Å². The number of hydrogen-bond donors (Lipinski definition) is 3. The summed E-state index contributed by atoms with van der Waals surface area (Å²) in [5, 5.41) is 1.36. The summed E-state index contributed by atoms with van der Waals surface area (Å²) in [6, 6.07) is 32.0. The quantitative estimate of drug-likeness (QED) is 0.125. The van der Waals surface area contributed by atoms with Crippen LogP contribution in [0.3, 0.4) is 0 Å². The van der Waals surface area contributed by atoms with E-state index in [1.807, 2.05) is 44.2 Å². The van der Waals surface area contributed by atoms with E-state index in [0.717, 1.165) is 5.69 Å². The standard InChI is InChI=1S/C21H23N.C11H12O.C10H16N2.ClH/c1-20(2,3)13-10-11-17-15(12-13)18-14-8-6-7-9-16(14)21(4,5)19(18)22-17;1-11(2)9-6-4-3-5-8(9)7-10(11)12;1-10(2,3)8-4-6-9(12-11)7-5-8;/h6-12,22H,1-5H3;3-6H,7H2,1-2H3;4-7,12H,11H2,1-3H3;1H. The number of nitrogens with one attached hydrogen (secondary N) is 2. The molecule has 0 saturated carbocycles. The van der Waals surface area contributed by atoms with Crippen LogP contribution in [0.2, 0.25) is 0 Å². The molecular weight excluding hydrogens is 598 g/mol. The first-order valence-corrected chi connectivity index (χ1v) is 16.4. The molecule has 0 saturated heterocycles. The second-order valence-electron chi connectivity index (χ2n) is 15.9. The largest absolute Gasteiger partial charge is 0.357 e. The third-order valence-corrected chi connectivity index (χ3v) is 9.82. The summed E-state index contributed by atoms with van der Waals surface area (Å²) in [7, 11) is 0. The lowest BCUT2D eigenvalue weighted by Gasteiger charge is -2.20. The lowest BCUT2D eigenvalue weighted by molar-refractivity contribution is -0.121. The first kappa shape index (κ1) is 36.0. The number of nitrogen functional groups attached to an aromatic ring is 1. The molecule has 0 aliphatic heterocycles. The average Bonchev–Trinajstić information content (AvgIpc) is 3.58. The van der Waals surface area contributed by atoms with Gasteiger partial charge in [0.05, 0.1) is 0 Å². The van der Waals surface area contributed by atoms with Gasteiger partial charge in [-0.05, 0) is 82.3 Å². The van der Waals surface area contributed by atoms with Crippen molar-refractivity contribution in [1.29, 1.82) is 0 Å². The highest BCUT2D eigenvalue weighted by molar-refractivity contribution is 6.02.